The van der Waals surface area contributed by atoms with Crippen molar-refractivity contribution in [2.45, 2.75) is 32.3 Å². The van der Waals surface area contributed by atoms with Gasteiger partial charge in [-0.3, -0.25) is 0 Å². The number of aliphatic hydroxyl groups is 1. The van der Waals surface area contributed by atoms with Gasteiger partial charge in [0.05, 0.1) is 23.6 Å². The summed E-state index contributed by atoms with van der Waals surface area (Å²) in [5, 5.41) is 17.8. The maximum absolute atomic E-state index is 13.2. The van der Waals surface area contributed by atoms with Crippen LogP contribution in [0.25, 0.3) is 5.69 Å². The molecule has 0 fully saturated rings. The number of nitrogens with zero attached hydrogens (tertiary/aromatic N) is 5. The van der Waals surface area contributed by atoms with Gasteiger partial charge in [-0.05, 0) is 38.1 Å². The molecule has 0 aliphatic carbocycles. The fourth-order valence-corrected chi connectivity index (χ4v) is 3.11. The van der Waals surface area contributed by atoms with E-state index in [4.69, 9.17) is 0 Å². The fourth-order valence-electron chi connectivity index (χ4n) is 3.11. The minimum Gasteiger partial charge on any atom is -0.372 e. The summed E-state index contributed by atoms with van der Waals surface area (Å²) in [5.74, 6) is 0.325. The normalized spacial score (nSPS) is 13.9. The van der Waals surface area contributed by atoms with Crippen molar-refractivity contribution in [3.8, 4) is 5.69 Å². The first kappa shape index (κ1) is 21.6. The van der Waals surface area contributed by atoms with E-state index in [1.807, 2.05) is 0 Å². The number of alkyl halides is 3. The molecule has 162 valence electrons. The van der Waals surface area contributed by atoms with E-state index >= 15 is 0 Å². The summed E-state index contributed by atoms with van der Waals surface area (Å²) in [6.45, 7) is 3.02. The van der Waals surface area contributed by atoms with E-state index in [1.165, 1.54) is 29.8 Å². The monoisotopic (exact) mass is 426 g/mol. The van der Waals surface area contributed by atoms with Crippen LogP contribution >= 0.6 is 0 Å². The Kier molecular flexibility index (Phi) is 5.75. The van der Waals surface area contributed by atoms with Crippen LogP contribution in [0.2, 0.25) is 0 Å². The molecule has 0 saturated carbocycles. The zero-order valence-electron chi connectivity index (χ0n) is 16.8. The molecule has 0 bridgehead atoms. The van der Waals surface area contributed by atoms with E-state index < -0.39 is 24.1 Å². The zero-order chi connectivity index (χ0) is 22.2. The largest absolute Gasteiger partial charge is 0.434 e. The Balaban J connectivity index is 1.87. The number of aliphatic hydroxyl groups excluding tert-OH is 1. The highest BCUT2D eigenvalue weighted by molar-refractivity contribution is 5.67. The molecule has 0 aliphatic heterocycles. The van der Waals surface area contributed by atoms with Gasteiger partial charge in [-0.25, -0.2) is 14.1 Å². The van der Waals surface area contributed by atoms with Gasteiger partial charge < -0.3 is 19.9 Å². The Morgan fingerprint density at radius 3 is 2.33 bits per heavy atom. The molecule has 1 aromatic carbocycles. The van der Waals surface area contributed by atoms with Gasteiger partial charge in [0, 0.05) is 20.3 Å². The van der Waals surface area contributed by atoms with Crippen LogP contribution in [0.15, 0.2) is 36.7 Å². The summed E-state index contributed by atoms with van der Waals surface area (Å²) in [7, 11) is 3.54. The van der Waals surface area contributed by atoms with Crippen LogP contribution in [0.4, 0.5) is 29.1 Å². The first-order chi connectivity index (χ1) is 14.0. The molecular weight excluding hydrogens is 404 g/mol. The second-order valence-corrected chi connectivity index (χ2v) is 7.07. The predicted molar refractivity (Wildman–Crippen MR) is 104 cm³/mol. The van der Waals surface area contributed by atoms with Crippen LogP contribution in [-0.4, -0.2) is 44.8 Å². The number of rotatable bonds is 6. The van der Waals surface area contributed by atoms with Crippen LogP contribution in [0.1, 0.15) is 24.5 Å². The molecule has 0 radical (unpaired) electrons. The van der Waals surface area contributed by atoms with Crippen LogP contribution in [0.3, 0.4) is 0 Å². The van der Waals surface area contributed by atoms with Gasteiger partial charge in [-0.2, -0.15) is 18.3 Å². The van der Waals surface area contributed by atoms with Gasteiger partial charge in [-0.1, -0.05) is 0 Å². The molecule has 0 aliphatic rings. The summed E-state index contributed by atoms with van der Waals surface area (Å²) in [4.78, 5) is 5.28. The highest BCUT2D eigenvalue weighted by Crippen LogP contribution is 2.31. The lowest BCUT2D eigenvalue weighted by atomic mass is 10.2. The Morgan fingerprint density at radius 1 is 1.17 bits per heavy atom. The predicted octanol–water partition coefficient (Wildman–Crippen LogP) is 3.59. The van der Waals surface area contributed by atoms with E-state index in [9.17, 15) is 22.7 Å². The fraction of sp³-hybridized carbons (Fsp3) is 0.368. The lowest BCUT2D eigenvalue weighted by Crippen LogP contribution is -2.30. The van der Waals surface area contributed by atoms with Crippen molar-refractivity contribution in [1.29, 1.82) is 0 Å². The SMILES string of the molecule is Cc1nc(C(F)(F)F)cn1C(C)C(O)Nc1cnn(-c2ccc(F)cc2)c1N(C)C. The molecule has 11 heteroatoms. The molecule has 2 atom stereocenters. The van der Waals surface area contributed by atoms with Crippen LogP contribution in [-0.2, 0) is 6.18 Å². The summed E-state index contributed by atoms with van der Waals surface area (Å²) < 4.78 is 54.8. The molecule has 2 heterocycles. The lowest BCUT2D eigenvalue weighted by Gasteiger charge is -2.24. The molecule has 3 rings (SSSR count). The third kappa shape index (κ3) is 4.25. The molecule has 0 saturated heterocycles. The second kappa shape index (κ2) is 7.98. The molecule has 2 N–H and O–H groups in total. The van der Waals surface area contributed by atoms with Gasteiger partial charge in [0.1, 0.15) is 17.9 Å². The maximum Gasteiger partial charge on any atom is 0.434 e. The maximum atomic E-state index is 13.2. The Hall–Kier alpha value is -3.08. The third-order valence-corrected chi connectivity index (χ3v) is 4.65. The van der Waals surface area contributed by atoms with Crippen molar-refractivity contribution in [2.75, 3.05) is 24.3 Å². The average Bonchev–Trinajstić information content (AvgIpc) is 3.25. The third-order valence-electron chi connectivity index (χ3n) is 4.65. The average molecular weight is 426 g/mol. The van der Waals surface area contributed by atoms with Crippen molar-refractivity contribution >= 4 is 11.5 Å². The second-order valence-electron chi connectivity index (χ2n) is 7.07. The van der Waals surface area contributed by atoms with Gasteiger partial charge in [0.15, 0.2) is 11.5 Å². The van der Waals surface area contributed by atoms with Crippen LogP contribution < -0.4 is 10.2 Å². The standard InChI is InChI=1S/C19H22F4N6O/c1-11(28-10-16(19(21,22)23)25-12(28)2)17(30)26-15-9-24-29(18(15)27(3)4)14-7-5-13(20)6-8-14/h5-11,17,26,30H,1-4H3. The van der Waals surface area contributed by atoms with Crippen molar-refractivity contribution in [3.63, 3.8) is 0 Å². The smallest absolute Gasteiger partial charge is 0.372 e. The lowest BCUT2D eigenvalue weighted by molar-refractivity contribution is -0.141. The highest BCUT2D eigenvalue weighted by atomic mass is 19.4. The van der Waals surface area contributed by atoms with Crippen LogP contribution in [0, 0.1) is 12.7 Å². The zero-order valence-corrected chi connectivity index (χ0v) is 16.8. The number of anilines is 2. The van der Waals surface area contributed by atoms with Crippen LogP contribution in [0.5, 0.6) is 0 Å². The van der Waals surface area contributed by atoms with Gasteiger partial charge >= 0.3 is 6.18 Å². The number of hydrogen-bond donors (Lipinski definition) is 2. The number of imidazole rings is 1. The minimum atomic E-state index is -4.57. The number of aromatic nitrogens is 4. The number of hydrogen-bond acceptors (Lipinski definition) is 5. The molecule has 0 amide bonds. The minimum absolute atomic E-state index is 0.130. The van der Waals surface area contributed by atoms with Crippen molar-refractivity contribution in [2.24, 2.45) is 0 Å². The first-order valence-corrected chi connectivity index (χ1v) is 9.07. The van der Waals surface area contributed by atoms with Crippen molar-refractivity contribution in [1.82, 2.24) is 19.3 Å². The van der Waals surface area contributed by atoms with E-state index in [2.05, 4.69) is 15.4 Å². The Morgan fingerprint density at radius 2 is 1.80 bits per heavy atom. The van der Waals surface area contributed by atoms with Crippen molar-refractivity contribution < 1.29 is 22.7 Å². The molecule has 2 unspecified atom stereocenters. The Labute approximate surface area is 170 Å². The molecule has 2 aromatic heterocycles. The number of nitrogens with one attached hydrogen (secondary N) is 1. The molecule has 3 aromatic rings. The summed E-state index contributed by atoms with van der Waals surface area (Å²) in [6, 6.07) is 4.98. The van der Waals surface area contributed by atoms with Crippen molar-refractivity contribution in [3.05, 3.63) is 54.0 Å². The van der Waals surface area contributed by atoms with E-state index in [0.717, 1.165) is 6.20 Å². The topological polar surface area (TPSA) is 71.1 Å². The summed E-state index contributed by atoms with van der Waals surface area (Å²) >= 11 is 0. The highest BCUT2D eigenvalue weighted by Gasteiger charge is 2.35. The first-order valence-electron chi connectivity index (χ1n) is 9.07. The molecule has 7 nitrogen and oxygen atoms in total. The number of halogens is 4. The summed E-state index contributed by atoms with van der Waals surface area (Å²) in [6.07, 6.45) is -3.44. The molecule has 0 spiro atoms. The Bertz CT molecular complexity index is 1010. The van der Waals surface area contributed by atoms with Gasteiger partial charge in [0.25, 0.3) is 0 Å². The number of aryl methyl sites for hydroxylation is 1. The van der Waals surface area contributed by atoms with E-state index in [0.29, 0.717) is 17.2 Å². The van der Waals surface area contributed by atoms with E-state index in [1.54, 1.807) is 42.7 Å². The summed E-state index contributed by atoms with van der Waals surface area (Å²) in [5.41, 5.74) is 0.0469. The van der Waals surface area contributed by atoms with Gasteiger partial charge in [0.2, 0.25) is 0 Å². The molecule has 30 heavy (non-hydrogen) atoms. The van der Waals surface area contributed by atoms with Gasteiger partial charge in [-0.15, -0.1) is 0 Å². The van der Waals surface area contributed by atoms with E-state index in [-0.39, 0.29) is 11.6 Å². The quantitative estimate of drug-likeness (QED) is 0.466. The molecular formula is C19H22F4N6O. The number of benzene rings is 1.